The maximum Gasteiger partial charge on any atom is 0.225 e. The molecule has 0 aliphatic carbocycles. The molecule has 118 valence electrons. The molecule has 1 aromatic rings. The van der Waals surface area contributed by atoms with E-state index in [0.717, 1.165) is 0 Å². The van der Waals surface area contributed by atoms with Crippen LogP contribution in [0.3, 0.4) is 0 Å². The second-order valence-electron chi connectivity index (χ2n) is 5.45. The van der Waals surface area contributed by atoms with Crippen LogP contribution >= 0.6 is 0 Å². The van der Waals surface area contributed by atoms with Gasteiger partial charge in [-0.1, -0.05) is 12.0 Å². The molecule has 2 rings (SSSR count). The molecule has 2 heterocycles. The molecule has 22 heavy (non-hydrogen) atoms. The molecule has 7 heteroatoms. The third-order valence-electron chi connectivity index (χ3n) is 3.57. The molecule has 1 aromatic heterocycles. The van der Waals surface area contributed by atoms with Gasteiger partial charge in [-0.05, 0) is 13.8 Å². The predicted molar refractivity (Wildman–Crippen MR) is 86.3 cm³/mol. The Morgan fingerprint density at radius 3 is 2.59 bits per heavy atom. The van der Waals surface area contributed by atoms with Crippen molar-refractivity contribution in [3.05, 3.63) is 25.0 Å². The zero-order valence-electron chi connectivity index (χ0n) is 12.7. The lowest BCUT2D eigenvalue weighted by Crippen LogP contribution is -2.55. The third-order valence-corrected chi connectivity index (χ3v) is 5.68. The van der Waals surface area contributed by atoms with Crippen molar-refractivity contribution in [1.82, 2.24) is 15.3 Å². The van der Waals surface area contributed by atoms with Crippen LogP contribution in [-0.4, -0.2) is 48.8 Å². The predicted octanol–water partition coefficient (Wildman–Crippen LogP) is 0.625. The molecule has 1 fully saturated rings. The first-order valence-electron chi connectivity index (χ1n) is 7.04. The maximum atomic E-state index is 12.1. The van der Waals surface area contributed by atoms with Gasteiger partial charge >= 0.3 is 0 Å². The highest BCUT2D eigenvalue weighted by Gasteiger charge is 2.26. The molecule has 1 aliphatic rings. The third kappa shape index (κ3) is 3.29. The van der Waals surface area contributed by atoms with E-state index in [1.54, 1.807) is 19.9 Å². The molecule has 0 radical (unpaired) electrons. The number of piperazine rings is 1. The number of rotatable bonds is 4. The van der Waals surface area contributed by atoms with Crippen molar-refractivity contribution in [1.29, 1.82) is 0 Å². The van der Waals surface area contributed by atoms with Gasteiger partial charge < -0.3 is 4.90 Å². The number of nitrogens with zero attached hydrogens (tertiary/aromatic N) is 3. The number of sulfone groups is 1. The van der Waals surface area contributed by atoms with Gasteiger partial charge in [-0.25, -0.2) is 18.4 Å². The van der Waals surface area contributed by atoms with Crippen LogP contribution in [0.25, 0.3) is 0 Å². The van der Waals surface area contributed by atoms with Crippen molar-refractivity contribution >= 4 is 15.8 Å². The van der Waals surface area contributed by atoms with Gasteiger partial charge in [-0.15, -0.1) is 13.0 Å². The number of aromatic nitrogens is 2. The van der Waals surface area contributed by atoms with Crippen LogP contribution in [-0.2, 0) is 9.84 Å². The fraction of sp³-hybridized carbons (Fsp3) is 0.467. The zero-order chi connectivity index (χ0) is 16.3. The Kier molecular flexibility index (Phi) is 4.84. The fourth-order valence-corrected chi connectivity index (χ4v) is 3.14. The Labute approximate surface area is 131 Å². The summed E-state index contributed by atoms with van der Waals surface area (Å²) in [6, 6.07) is -0.0862. The minimum atomic E-state index is -3.36. The Morgan fingerprint density at radius 2 is 2.09 bits per heavy atom. The van der Waals surface area contributed by atoms with Crippen LogP contribution < -0.4 is 10.2 Å². The number of nitrogens with one attached hydrogen (secondary N) is 1. The van der Waals surface area contributed by atoms with E-state index in [1.807, 2.05) is 4.90 Å². The molecule has 0 spiro atoms. The molecular weight excluding hydrogens is 300 g/mol. The molecule has 0 saturated carbocycles. The van der Waals surface area contributed by atoms with Crippen LogP contribution in [0.1, 0.15) is 13.8 Å². The molecule has 1 saturated heterocycles. The number of hydrogen-bond donors (Lipinski definition) is 1. The van der Waals surface area contributed by atoms with Gasteiger partial charge in [0.25, 0.3) is 0 Å². The average molecular weight is 320 g/mol. The molecular formula is C15H20N4O2S. The second kappa shape index (κ2) is 6.46. The average Bonchev–Trinajstić information content (AvgIpc) is 2.54. The molecule has 2 atom stereocenters. The minimum absolute atomic E-state index is 0.0393. The second-order valence-corrected chi connectivity index (χ2v) is 7.95. The van der Waals surface area contributed by atoms with Crippen LogP contribution in [0.15, 0.2) is 29.9 Å². The van der Waals surface area contributed by atoms with Gasteiger partial charge in [0, 0.05) is 19.1 Å². The fourth-order valence-electron chi connectivity index (χ4n) is 2.19. The van der Waals surface area contributed by atoms with Gasteiger partial charge in [0.05, 0.1) is 23.7 Å². The van der Waals surface area contributed by atoms with Gasteiger partial charge in [0.15, 0.2) is 9.84 Å². The smallest absolute Gasteiger partial charge is 0.225 e. The summed E-state index contributed by atoms with van der Waals surface area (Å²) >= 11 is 0. The van der Waals surface area contributed by atoms with Gasteiger partial charge in [0.1, 0.15) is 4.90 Å². The standard InChI is InChI=1S/C15H20N4O2S/c1-5-12-9-19(10-13(6-2)18-12)15-16-7-14(8-17-15)22(20,21)11(3)4/h1,6-8,11-13,18H,2,9-10H2,3-4H3/t12-,13+/m1/s1. The van der Waals surface area contributed by atoms with Crippen molar-refractivity contribution in [2.75, 3.05) is 18.0 Å². The summed E-state index contributed by atoms with van der Waals surface area (Å²) in [6.07, 6.45) is 9.98. The first-order chi connectivity index (χ1) is 10.4. The van der Waals surface area contributed by atoms with Crippen molar-refractivity contribution in [3.8, 4) is 12.3 Å². The Hall–Kier alpha value is -1.91. The molecule has 0 unspecified atom stereocenters. The molecule has 0 amide bonds. The number of hydrogen-bond acceptors (Lipinski definition) is 6. The lowest BCUT2D eigenvalue weighted by Gasteiger charge is -2.35. The topological polar surface area (TPSA) is 75.2 Å². The van der Waals surface area contributed by atoms with Crippen molar-refractivity contribution in [3.63, 3.8) is 0 Å². The van der Waals surface area contributed by atoms with E-state index < -0.39 is 15.1 Å². The summed E-state index contributed by atoms with van der Waals surface area (Å²) in [5.74, 6) is 3.14. The normalized spacial score (nSPS) is 22.4. The molecule has 1 N–H and O–H groups in total. The number of terminal acetylenes is 1. The van der Waals surface area contributed by atoms with E-state index in [2.05, 4.69) is 27.8 Å². The van der Waals surface area contributed by atoms with Crippen molar-refractivity contribution in [2.24, 2.45) is 0 Å². The minimum Gasteiger partial charge on any atom is -0.336 e. The van der Waals surface area contributed by atoms with E-state index in [4.69, 9.17) is 6.42 Å². The SMILES string of the molecule is C#C[C@@H]1CN(c2ncc(S(=O)(=O)C(C)C)cn2)C[C@H](C=C)N1. The molecule has 0 aromatic carbocycles. The van der Waals surface area contributed by atoms with E-state index in [9.17, 15) is 8.42 Å². The Morgan fingerprint density at radius 1 is 1.45 bits per heavy atom. The summed E-state index contributed by atoms with van der Waals surface area (Å²) in [5, 5.41) is 2.75. The first kappa shape index (κ1) is 16.5. The largest absolute Gasteiger partial charge is 0.336 e. The first-order valence-corrected chi connectivity index (χ1v) is 8.58. The van der Waals surface area contributed by atoms with Gasteiger partial charge in [0.2, 0.25) is 5.95 Å². The van der Waals surface area contributed by atoms with E-state index in [-0.39, 0.29) is 17.0 Å². The highest BCUT2D eigenvalue weighted by Crippen LogP contribution is 2.17. The van der Waals surface area contributed by atoms with Crippen molar-refractivity contribution in [2.45, 2.75) is 36.1 Å². The quantitative estimate of drug-likeness (QED) is 0.648. The van der Waals surface area contributed by atoms with Crippen LogP contribution in [0.4, 0.5) is 5.95 Å². The number of anilines is 1. The summed E-state index contributed by atoms with van der Waals surface area (Å²) in [4.78, 5) is 10.5. The summed E-state index contributed by atoms with van der Waals surface area (Å²) in [6.45, 7) is 8.23. The van der Waals surface area contributed by atoms with Crippen LogP contribution in [0.5, 0.6) is 0 Å². The summed E-state index contributed by atoms with van der Waals surface area (Å²) in [5.41, 5.74) is 0. The maximum absolute atomic E-state index is 12.1. The highest BCUT2D eigenvalue weighted by molar-refractivity contribution is 7.92. The van der Waals surface area contributed by atoms with E-state index >= 15 is 0 Å². The lowest BCUT2D eigenvalue weighted by atomic mass is 10.1. The summed E-state index contributed by atoms with van der Waals surface area (Å²) < 4.78 is 24.1. The highest BCUT2D eigenvalue weighted by atomic mass is 32.2. The lowest BCUT2D eigenvalue weighted by molar-refractivity contribution is 0.462. The summed E-state index contributed by atoms with van der Waals surface area (Å²) in [7, 11) is -3.36. The van der Waals surface area contributed by atoms with Crippen LogP contribution in [0, 0.1) is 12.3 Å². The van der Waals surface area contributed by atoms with E-state index in [1.165, 1.54) is 12.4 Å². The van der Waals surface area contributed by atoms with Crippen LogP contribution in [0.2, 0.25) is 0 Å². The zero-order valence-corrected chi connectivity index (χ0v) is 13.5. The Balaban J connectivity index is 2.23. The van der Waals surface area contributed by atoms with E-state index in [0.29, 0.717) is 19.0 Å². The van der Waals surface area contributed by atoms with Gasteiger partial charge in [-0.3, -0.25) is 5.32 Å². The van der Waals surface area contributed by atoms with Crippen molar-refractivity contribution < 1.29 is 8.42 Å². The monoisotopic (exact) mass is 320 g/mol. The molecule has 1 aliphatic heterocycles. The Bertz CT molecular complexity index is 676. The van der Waals surface area contributed by atoms with Gasteiger partial charge in [-0.2, -0.15) is 0 Å². The molecule has 0 bridgehead atoms. The molecule has 6 nitrogen and oxygen atoms in total.